The largest absolute Gasteiger partial charge is 0.343 e. The fourth-order valence-corrected chi connectivity index (χ4v) is 2.83. The van der Waals surface area contributed by atoms with E-state index in [-0.39, 0.29) is 11.8 Å². The van der Waals surface area contributed by atoms with Crippen molar-refractivity contribution in [3.63, 3.8) is 0 Å². The maximum atomic E-state index is 11.6. The van der Waals surface area contributed by atoms with E-state index in [0.717, 1.165) is 49.0 Å². The van der Waals surface area contributed by atoms with Crippen LogP contribution in [0.1, 0.15) is 37.2 Å². The molecule has 1 N–H and O–H groups in total. The molecule has 0 aromatic carbocycles. The van der Waals surface area contributed by atoms with Gasteiger partial charge in [-0.25, -0.2) is 15.0 Å². The lowest BCUT2D eigenvalue weighted by molar-refractivity contribution is -0.130. The topological polar surface area (TPSA) is 74.8 Å². The standard InChI is InChI=1S/C15H19N5O/c1-10-18-13(8-14(19-10)15-16-5-6-17-15)12-4-3-7-20(9-12)11(2)21/h5-6,8,12H,3-4,7,9H2,1-2H3,(H,16,17)/t12-/m0/s1. The van der Waals surface area contributed by atoms with E-state index in [4.69, 9.17) is 0 Å². The lowest BCUT2D eigenvalue weighted by Crippen LogP contribution is -2.37. The number of aromatic amines is 1. The number of carbonyl (C=O) groups excluding carboxylic acids is 1. The van der Waals surface area contributed by atoms with Crippen LogP contribution in [0.4, 0.5) is 0 Å². The Morgan fingerprint density at radius 1 is 1.43 bits per heavy atom. The smallest absolute Gasteiger partial charge is 0.219 e. The molecule has 1 atom stereocenters. The van der Waals surface area contributed by atoms with Gasteiger partial charge in [-0.3, -0.25) is 4.79 Å². The second kappa shape index (κ2) is 5.63. The van der Waals surface area contributed by atoms with Crippen molar-refractivity contribution in [3.8, 4) is 11.5 Å². The number of hydrogen-bond donors (Lipinski definition) is 1. The summed E-state index contributed by atoms with van der Waals surface area (Å²) in [5.74, 6) is 1.90. The van der Waals surface area contributed by atoms with Crippen LogP contribution in [-0.4, -0.2) is 43.8 Å². The number of amides is 1. The second-order valence-electron chi connectivity index (χ2n) is 5.47. The van der Waals surface area contributed by atoms with Gasteiger partial charge in [0, 0.05) is 44.0 Å². The number of nitrogens with one attached hydrogen (secondary N) is 1. The molecular formula is C15H19N5O. The molecule has 3 heterocycles. The molecule has 0 saturated carbocycles. The van der Waals surface area contributed by atoms with Gasteiger partial charge in [0.15, 0.2) is 5.82 Å². The summed E-state index contributed by atoms with van der Waals surface area (Å²) >= 11 is 0. The van der Waals surface area contributed by atoms with Crippen LogP contribution in [0, 0.1) is 6.92 Å². The van der Waals surface area contributed by atoms with Crippen LogP contribution in [0.5, 0.6) is 0 Å². The minimum absolute atomic E-state index is 0.136. The Hall–Kier alpha value is -2.24. The molecule has 1 saturated heterocycles. The summed E-state index contributed by atoms with van der Waals surface area (Å²) < 4.78 is 0. The van der Waals surface area contributed by atoms with Gasteiger partial charge in [0.1, 0.15) is 11.5 Å². The van der Waals surface area contributed by atoms with Crippen LogP contribution in [0.15, 0.2) is 18.5 Å². The highest BCUT2D eigenvalue weighted by atomic mass is 16.2. The van der Waals surface area contributed by atoms with Crippen LogP contribution in [-0.2, 0) is 4.79 Å². The zero-order valence-electron chi connectivity index (χ0n) is 12.3. The summed E-state index contributed by atoms with van der Waals surface area (Å²) in [5.41, 5.74) is 1.81. The summed E-state index contributed by atoms with van der Waals surface area (Å²) in [4.78, 5) is 29.8. The van der Waals surface area contributed by atoms with Crippen molar-refractivity contribution in [2.24, 2.45) is 0 Å². The molecule has 0 radical (unpaired) electrons. The maximum Gasteiger partial charge on any atom is 0.219 e. The third-order valence-corrected chi connectivity index (χ3v) is 3.88. The number of rotatable bonds is 2. The molecule has 2 aromatic rings. The van der Waals surface area contributed by atoms with Crippen molar-refractivity contribution < 1.29 is 4.79 Å². The van der Waals surface area contributed by atoms with Gasteiger partial charge in [-0.15, -0.1) is 0 Å². The highest BCUT2D eigenvalue weighted by molar-refractivity contribution is 5.73. The molecule has 1 amide bonds. The molecule has 6 heteroatoms. The lowest BCUT2D eigenvalue weighted by atomic mass is 9.94. The van der Waals surface area contributed by atoms with Gasteiger partial charge in [0.2, 0.25) is 5.91 Å². The quantitative estimate of drug-likeness (QED) is 0.914. The van der Waals surface area contributed by atoms with E-state index in [1.165, 1.54) is 0 Å². The molecule has 21 heavy (non-hydrogen) atoms. The Labute approximate surface area is 123 Å². The first-order valence-corrected chi connectivity index (χ1v) is 7.24. The number of imidazole rings is 1. The Bertz CT molecular complexity index is 638. The van der Waals surface area contributed by atoms with Crippen molar-refractivity contribution in [3.05, 3.63) is 30.0 Å². The first-order valence-electron chi connectivity index (χ1n) is 7.24. The van der Waals surface area contributed by atoms with E-state index in [9.17, 15) is 4.79 Å². The summed E-state index contributed by atoms with van der Waals surface area (Å²) in [7, 11) is 0. The average Bonchev–Trinajstić information content (AvgIpc) is 3.01. The summed E-state index contributed by atoms with van der Waals surface area (Å²) in [6.45, 7) is 5.10. The van der Waals surface area contributed by atoms with E-state index in [1.54, 1.807) is 19.3 Å². The minimum Gasteiger partial charge on any atom is -0.343 e. The van der Waals surface area contributed by atoms with Crippen LogP contribution in [0.25, 0.3) is 11.5 Å². The Morgan fingerprint density at radius 2 is 2.29 bits per heavy atom. The fourth-order valence-electron chi connectivity index (χ4n) is 2.83. The first-order chi connectivity index (χ1) is 10.1. The summed E-state index contributed by atoms with van der Waals surface area (Å²) in [5, 5.41) is 0. The molecule has 3 rings (SSSR count). The summed E-state index contributed by atoms with van der Waals surface area (Å²) in [6, 6.07) is 1.99. The van der Waals surface area contributed by atoms with Gasteiger partial charge in [0.05, 0.1) is 0 Å². The van der Waals surface area contributed by atoms with Crippen LogP contribution in [0.3, 0.4) is 0 Å². The van der Waals surface area contributed by atoms with E-state index in [0.29, 0.717) is 0 Å². The van der Waals surface area contributed by atoms with Crippen LogP contribution < -0.4 is 0 Å². The van der Waals surface area contributed by atoms with Gasteiger partial charge in [0.25, 0.3) is 0 Å². The molecule has 1 aliphatic heterocycles. The monoisotopic (exact) mass is 285 g/mol. The van der Waals surface area contributed by atoms with Crippen LogP contribution in [0.2, 0.25) is 0 Å². The SMILES string of the molecule is CC(=O)N1CCC[C@H](c2cc(-c3ncc[nH]3)nc(C)n2)C1. The normalized spacial score (nSPS) is 18.8. The number of likely N-dealkylation sites (tertiary alicyclic amines) is 1. The second-order valence-corrected chi connectivity index (χ2v) is 5.47. The average molecular weight is 285 g/mol. The third kappa shape index (κ3) is 2.94. The molecule has 6 nitrogen and oxygen atoms in total. The Kier molecular flexibility index (Phi) is 3.68. The number of piperidine rings is 1. The highest BCUT2D eigenvalue weighted by Gasteiger charge is 2.24. The number of aryl methyl sites for hydroxylation is 1. The van der Waals surface area contributed by atoms with Gasteiger partial charge in [-0.1, -0.05) is 0 Å². The van der Waals surface area contributed by atoms with E-state index >= 15 is 0 Å². The molecule has 0 spiro atoms. The van der Waals surface area contributed by atoms with Crippen molar-refractivity contribution in [1.29, 1.82) is 0 Å². The summed E-state index contributed by atoms with van der Waals surface area (Å²) in [6.07, 6.45) is 5.57. The molecule has 1 aliphatic rings. The van der Waals surface area contributed by atoms with E-state index in [2.05, 4.69) is 19.9 Å². The van der Waals surface area contributed by atoms with Gasteiger partial charge >= 0.3 is 0 Å². The minimum atomic E-state index is 0.136. The van der Waals surface area contributed by atoms with Gasteiger partial charge < -0.3 is 9.88 Å². The molecule has 110 valence electrons. The molecule has 1 fully saturated rings. The number of carbonyl (C=O) groups is 1. The van der Waals surface area contributed by atoms with Crippen molar-refractivity contribution in [1.82, 2.24) is 24.8 Å². The maximum absolute atomic E-state index is 11.6. The fraction of sp³-hybridized carbons (Fsp3) is 0.467. The zero-order valence-corrected chi connectivity index (χ0v) is 12.3. The van der Waals surface area contributed by atoms with Gasteiger partial charge in [-0.05, 0) is 25.8 Å². The predicted molar refractivity (Wildman–Crippen MR) is 78.6 cm³/mol. The van der Waals surface area contributed by atoms with Crippen molar-refractivity contribution in [2.45, 2.75) is 32.6 Å². The molecular weight excluding hydrogens is 266 g/mol. The lowest BCUT2D eigenvalue weighted by Gasteiger charge is -2.31. The van der Waals surface area contributed by atoms with Crippen molar-refractivity contribution in [2.75, 3.05) is 13.1 Å². The first kappa shape index (κ1) is 13.7. The van der Waals surface area contributed by atoms with Crippen LogP contribution >= 0.6 is 0 Å². The van der Waals surface area contributed by atoms with Crippen molar-refractivity contribution >= 4 is 5.91 Å². The number of hydrogen-bond acceptors (Lipinski definition) is 4. The highest BCUT2D eigenvalue weighted by Crippen LogP contribution is 2.27. The van der Waals surface area contributed by atoms with E-state index < -0.39 is 0 Å². The Morgan fingerprint density at radius 3 is 3.00 bits per heavy atom. The molecule has 0 aliphatic carbocycles. The van der Waals surface area contributed by atoms with E-state index in [1.807, 2.05) is 17.9 Å². The third-order valence-electron chi connectivity index (χ3n) is 3.88. The Balaban J connectivity index is 1.90. The molecule has 0 bridgehead atoms. The zero-order chi connectivity index (χ0) is 14.8. The molecule has 2 aromatic heterocycles. The number of nitrogens with zero attached hydrogens (tertiary/aromatic N) is 4. The van der Waals surface area contributed by atoms with Gasteiger partial charge in [-0.2, -0.15) is 0 Å². The molecule has 0 unspecified atom stereocenters. The predicted octanol–water partition coefficient (Wildman–Crippen LogP) is 1.90. The number of aromatic nitrogens is 4. The number of H-pyrrole nitrogens is 1.